The minimum atomic E-state index is -0.301. The monoisotopic (exact) mass is 469 g/mol. The topological polar surface area (TPSA) is 50.7 Å². The van der Waals surface area contributed by atoms with Crippen LogP contribution in [0.15, 0.2) is 48.5 Å². The molecule has 2 N–H and O–H groups in total. The lowest BCUT2D eigenvalue weighted by Gasteiger charge is -2.16. The van der Waals surface area contributed by atoms with Gasteiger partial charge >= 0.3 is 0 Å². The Labute approximate surface area is 189 Å². The normalized spacial score (nSPS) is 10.7. The van der Waals surface area contributed by atoms with Gasteiger partial charge in [-0.1, -0.05) is 46.9 Å². The highest BCUT2D eigenvalue weighted by Gasteiger charge is 2.13. The van der Waals surface area contributed by atoms with Crippen molar-refractivity contribution in [2.75, 3.05) is 11.9 Å². The fourth-order valence-electron chi connectivity index (χ4n) is 2.70. The minimum Gasteiger partial charge on any atom is -0.505 e. The maximum Gasteiger partial charge on any atom is 0.163 e. The molecule has 0 amide bonds. The van der Waals surface area contributed by atoms with Crippen LogP contribution in [0, 0.1) is 5.82 Å². The van der Waals surface area contributed by atoms with E-state index in [1.165, 1.54) is 12.1 Å². The average Bonchev–Trinajstić information content (AvgIpc) is 2.72. The van der Waals surface area contributed by atoms with Gasteiger partial charge in [-0.2, -0.15) is 0 Å². The Morgan fingerprint density at radius 1 is 0.900 bits per heavy atom. The molecule has 0 atom stereocenters. The number of hydrogen-bond acceptors (Lipinski definition) is 4. The smallest absolute Gasteiger partial charge is 0.163 e. The van der Waals surface area contributed by atoms with Crippen LogP contribution in [0.5, 0.6) is 17.2 Å². The highest BCUT2D eigenvalue weighted by atomic mass is 35.5. The second-order valence-electron chi connectivity index (χ2n) is 6.38. The van der Waals surface area contributed by atoms with Crippen molar-refractivity contribution in [3.63, 3.8) is 0 Å². The van der Waals surface area contributed by atoms with E-state index in [2.05, 4.69) is 5.32 Å². The first kappa shape index (κ1) is 22.3. The fraction of sp³-hybridized carbons (Fsp3) is 0.182. The quantitative estimate of drug-likeness (QED) is 0.345. The van der Waals surface area contributed by atoms with Crippen LogP contribution in [0.1, 0.15) is 18.1 Å². The predicted molar refractivity (Wildman–Crippen MR) is 119 cm³/mol. The molecule has 3 aromatic rings. The molecule has 0 unspecified atom stereocenters. The van der Waals surface area contributed by atoms with Crippen LogP contribution < -0.4 is 14.8 Å². The first-order valence-electron chi connectivity index (χ1n) is 9.11. The van der Waals surface area contributed by atoms with Crippen LogP contribution in [0.2, 0.25) is 15.1 Å². The number of anilines is 1. The molecule has 3 rings (SSSR count). The molecule has 3 aromatic carbocycles. The predicted octanol–water partition coefficient (Wildman–Crippen LogP) is 7.08. The van der Waals surface area contributed by atoms with Crippen molar-refractivity contribution in [2.45, 2.75) is 20.1 Å². The van der Waals surface area contributed by atoms with E-state index >= 15 is 0 Å². The van der Waals surface area contributed by atoms with Gasteiger partial charge in [-0.05, 0) is 48.4 Å². The summed E-state index contributed by atoms with van der Waals surface area (Å²) in [5.41, 5.74) is 2.23. The number of ether oxygens (including phenoxy) is 2. The van der Waals surface area contributed by atoms with Gasteiger partial charge < -0.3 is 19.9 Å². The van der Waals surface area contributed by atoms with Crippen molar-refractivity contribution in [1.29, 1.82) is 0 Å². The molecule has 0 spiro atoms. The minimum absolute atomic E-state index is 0.149. The maximum atomic E-state index is 13.1. The summed E-state index contributed by atoms with van der Waals surface area (Å²) in [6.07, 6.45) is 0. The van der Waals surface area contributed by atoms with E-state index in [1.54, 1.807) is 36.4 Å². The summed E-state index contributed by atoms with van der Waals surface area (Å²) >= 11 is 18.4. The number of phenols is 1. The number of halogens is 4. The molecule has 0 heterocycles. The molecular weight excluding hydrogens is 452 g/mol. The molecule has 0 aromatic heterocycles. The summed E-state index contributed by atoms with van der Waals surface area (Å²) in [5.74, 6) is 0.571. The molecule has 30 heavy (non-hydrogen) atoms. The SMILES string of the molecule is CCOc1cc(CNc2cc(Cl)c(O)c(Cl)c2)c(Cl)cc1OCc1ccc(F)cc1. The second-order valence-corrected chi connectivity index (χ2v) is 7.60. The summed E-state index contributed by atoms with van der Waals surface area (Å²) in [6, 6.07) is 12.7. The maximum absolute atomic E-state index is 13.1. The number of benzene rings is 3. The van der Waals surface area contributed by atoms with Crippen molar-refractivity contribution in [1.82, 2.24) is 0 Å². The number of nitrogens with one attached hydrogen (secondary N) is 1. The van der Waals surface area contributed by atoms with Gasteiger partial charge in [0.05, 0.1) is 16.7 Å². The first-order chi connectivity index (χ1) is 14.4. The lowest BCUT2D eigenvalue weighted by Crippen LogP contribution is -2.04. The number of aromatic hydroxyl groups is 1. The van der Waals surface area contributed by atoms with E-state index < -0.39 is 0 Å². The lowest BCUT2D eigenvalue weighted by atomic mass is 10.2. The largest absolute Gasteiger partial charge is 0.505 e. The molecule has 0 aliphatic carbocycles. The van der Waals surface area contributed by atoms with Crippen molar-refractivity contribution in [3.8, 4) is 17.2 Å². The van der Waals surface area contributed by atoms with E-state index in [1.807, 2.05) is 6.92 Å². The molecule has 4 nitrogen and oxygen atoms in total. The molecule has 0 bridgehead atoms. The third-order valence-corrected chi connectivity index (χ3v) is 5.15. The number of hydrogen-bond donors (Lipinski definition) is 2. The van der Waals surface area contributed by atoms with Gasteiger partial charge in [-0.15, -0.1) is 0 Å². The highest BCUT2D eigenvalue weighted by Crippen LogP contribution is 2.37. The Kier molecular flexibility index (Phi) is 7.53. The van der Waals surface area contributed by atoms with Crippen molar-refractivity contribution < 1.29 is 19.0 Å². The van der Waals surface area contributed by atoms with Crippen LogP contribution in [-0.4, -0.2) is 11.7 Å². The third kappa shape index (κ3) is 5.63. The van der Waals surface area contributed by atoms with Crippen LogP contribution in [0.4, 0.5) is 10.1 Å². The van der Waals surface area contributed by atoms with Crippen LogP contribution in [0.3, 0.4) is 0 Å². The Balaban J connectivity index is 1.75. The molecule has 8 heteroatoms. The first-order valence-corrected chi connectivity index (χ1v) is 10.2. The Bertz CT molecular complexity index is 1010. The molecule has 158 valence electrons. The molecule has 0 aliphatic heterocycles. The molecule has 0 radical (unpaired) electrons. The summed E-state index contributed by atoms with van der Waals surface area (Å²) in [6.45, 7) is 2.94. The average molecular weight is 471 g/mol. The van der Waals surface area contributed by atoms with Gasteiger partial charge in [0.25, 0.3) is 0 Å². The molecule has 0 fully saturated rings. The van der Waals surface area contributed by atoms with E-state index in [0.29, 0.717) is 35.4 Å². The lowest BCUT2D eigenvalue weighted by molar-refractivity contribution is 0.269. The fourth-order valence-corrected chi connectivity index (χ4v) is 3.41. The number of phenolic OH excluding ortho intramolecular Hbond substituents is 1. The van der Waals surface area contributed by atoms with Gasteiger partial charge in [-0.25, -0.2) is 4.39 Å². The van der Waals surface area contributed by atoms with Gasteiger partial charge in [0.15, 0.2) is 17.2 Å². The summed E-state index contributed by atoms with van der Waals surface area (Å²) in [7, 11) is 0. The van der Waals surface area contributed by atoms with Crippen molar-refractivity contribution in [3.05, 3.63) is 80.5 Å². The molecule has 0 saturated carbocycles. The number of rotatable bonds is 8. The van der Waals surface area contributed by atoms with E-state index in [9.17, 15) is 9.50 Å². The van der Waals surface area contributed by atoms with Crippen LogP contribution in [0.25, 0.3) is 0 Å². The van der Waals surface area contributed by atoms with Crippen LogP contribution >= 0.6 is 34.8 Å². The third-order valence-electron chi connectivity index (χ3n) is 4.22. The van der Waals surface area contributed by atoms with Gasteiger partial charge in [-0.3, -0.25) is 0 Å². The summed E-state index contributed by atoms with van der Waals surface area (Å²) in [4.78, 5) is 0. The second kappa shape index (κ2) is 10.1. The Hall–Kier alpha value is -2.34. The molecule has 0 aliphatic rings. The van der Waals surface area contributed by atoms with Crippen molar-refractivity contribution >= 4 is 40.5 Å². The van der Waals surface area contributed by atoms with Crippen LogP contribution in [-0.2, 0) is 13.2 Å². The van der Waals surface area contributed by atoms with Crippen molar-refractivity contribution in [2.24, 2.45) is 0 Å². The van der Waals surface area contributed by atoms with E-state index in [4.69, 9.17) is 44.3 Å². The zero-order valence-corrected chi connectivity index (χ0v) is 18.3. The van der Waals surface area contributed by atoms with E-state index in [-0.39, 0.29) is 28.2 Å². The summed E-state index contributed by atoms with van der Waals surface area (Å²) in [5, 5.41) is 13.6. The zero-order chi connectivity index (χ0) is 21.7. The highest BCUT2D eigenvalue weighted by molar-refractivity contribution is 6.37. The van der Waals surface area contributed by atoms with Gasteiger partial charge in [0, 0.05) is 23.3 Å². The molecule has 0 saturated heterocycles. The summed E-state index contributed by atoms with van der Waals surface area (Å²) < 4.78 is 24.6. The standard InChI is InChI=1S/C22H19Cl3FNO3/c1-2-29-20-7-14(11-27-16-8-18(24)22(28)19(25)9-16)17(23)10-21(20)30-12-13-3-5-15(26)6-4-13/h3-10,27-28H,2,11-12H2,1H3. The molecular formula is C22H19Cl3FNO3. The van der Waals surface area contributed by atoms with Gasteiger partial charge in [0.2, 0.25) is 0 Å². The Morgan fingerprint density at radius 2 is 1.53 bits per heavy atom. The van der Waals surface area contributed by atoms with Gasteiger partial charge in [0.1, 0.15) is 12.4 Å². The van der Waals surface area contributed by atoms with E-state index in [0.717, 1.165) is 11.1 Å². The zero-order valence-electron chi connectivity index (χ0n) is 16.0. The Morgan fingerprint density at radius 3 is 2.17 bits per heavy atom.